The zero-order valence-electron chi connectivity index (χ0n) is 14.2. The molecule has 132 valence electrons. The van der Waals surface area contributed by atoms with Crippen LogP contribution in [0.1, 0.15) is 12.8 Å². The number of nitrogens with zero attached hydrogens (tertiary/aromatic N) is 3. The Morgan fingerprint density at radius 2 is 2.04 bits per heavy atom. The molecule has 0 aliphatic carbocycles. The third-order valence-electron chi connectivity index (χ3n) is 4.65. The second kappa shape index (κ2) is 8.29. The molecule has 7 heteroatoms. The number of thioether (sulfide) groups is 1. The maximum absolute atomic E-state index is 13.0. The lowest BCUT2D eigenvalue weighted by atomic mass is 10.2. The van der Waals surface area contributed by atoms with E-state index in [0.717, 1.165) is 57.3 Å². The Morgan fingerprint density at radius 3 is 2.67 bits per heavy atom. The lowest BCUT2D eigenvalue weighted by Gasteiger charge is -2.43. The first-order chi connectivity index (χ1) is 11.7. The van der Waals surface area contributed by atoms with E-state index in [1.54, 1.807) is 25.0 Å². The van der Waals surface area contributed by atoms with Gasteiger partial charge in [0.15, 0.2) is 4.87 Å². The standard InChI is InChI=1S/C17H26N4O2S/c1-18-16(22)17(21-8-4-5-9-21,14-20-10-12-23-13-11-20)24-15-6-2-3-7-19-15/h2-3,6-7H,4-5,8-14H2,1H3,(H,18,22). The number of hydrogen-bond acceptors (Lipinski definition) is 6. The number of rotatable bonds is 6. The van der Waals surface area contributed by atoms with Gasteiger partial charge in [0, 0.05) is 46.0 Å². The number of aromatic nitrogens is 1. The van der Waals surface area contributed by atoms with Crippen molar-refractivity contribution >= 4 is 17.7 Å². The first-order valence-corrected chi connectivity index (χ1v) is 9.43. The average Bonchev–Trinajstić information content (AvgIpc) is 3.17. The number of nitrogens with one attached hydrogen (secondary N) is 1. The number of ether oxygens (including phenoxy) is 1. The van der Waals surface area contributed by atoms with Gasteiger partial charge in [-0.2, -0.15) is 0 Å². The smallest absolute Gasteiger partial charge is 0.252 e. The largest absolute Gasteiger partial charge is 0.379 e. The number of likely N-dealkylation sites (tertiary alicyclic amines) is 1. The van der Waals surface area contributed by atoms with E-state index in [-0.39, 0.29) is 5.91 Å². The van der Waals surface area contributed by atoms with Gasteiger partial charge in [-0.1, -0.05) is 17.8 Å². The Balaban J connectivity index is 1.90. The molecule has 1 atom stereocenters. The molecule has 0 aromatic carbocycles. The zero-order valence-corrected chi connectivity index (χ0v) is 15.1. The highest BCUT2D eigenvalue weighted by atomic mass is 32.2. The second-order valence-electron chi connectivity index (χ2n) is 6.22. The predicted octanol–water partition coefficient (Wildman–Crippen LogP) is 1.04. The van der Waals surface area contributed by atoms with Gasteiger partial charge in [0.1, 0.15) is 0 Å². The molecule has 3 heterocycles. The van der Waals surface area contributed by atoms with E-state index in [2.05, 4.69) is 20.1 Å². The van der Waals surface area contributed by atoms with Crippen molar-refractivity contribution in [1.29, 1.82) is 0 Å². The maximum Gasteiger partial charge on any atom is 0.252 e. The van der Waals surface area contributed by atoms with E-state index in [1.807, 2.05) is 18.2 Å². The number of likely N-dealkylation sites (N-methyl/N-ethyl adjacent to an activating group) is 1. The van der Waals surface area contributed by atoms with Crippen LogP contribution in [-0.4, -0.2) is 78.5 Å². The highest BCUT2D eigenvalue weighted by molar-refractivity contribution is 8.01. The fraction of sp³-hybridized carbons (Fsp3) is 0.647. The van der Waals surface area contributed by atoms with Gasteiger partial charge in [0.05, 0.1) is 18.2 Å². The van der Waals surface area contributed by atoms with Crippen molar-refractivity contribution in [2.24, 2.45) is 0 Å². The fourth-order valence-electron chi connectivity index (χ4n) is 3.38. The molecule has 1 N–H and O–H groups in total. The molecule has 1 amide bonds. The van der Waals surface area contributed by atoms with E-state index < -0.39 is 4.87 Å². The number of amides is 1. The van der Waals surface area contributed by atoms with E-state index in [1.165, 1.54) is 0 Å². The molecule has 24 heavy (non-hydrogen) atoms. The molecular formula is C17H26N4O2S. The van der Waals surface area contributed by atoms with Crippen LogP contribution in [0, 0.1) is 0 Å². The van der Waals surface area contributed by atoms with E-state index >= 15 is 0 Å². The Morgan fingerprint density at radius 1 is 1.29 bits per heavy atom. The van der Waals surface area contributed by atoms with Gasteiger partial charge in [-0.15, -0.1) is 0 Å². The van der Waals surface area contributed by atoms with Crippen LogP contribution >= 0.6 is 11.8 Å². The van der Waals surface area contributed by atoms with Crippen molar-refractivity contribution in [2.75, 3.05) is 53.0 Å². The molecule has 0 saturated carbocycles. The fourth-order valence-corrected chi connectivity index (χ4v) is 4.73. The van der Waals surface area contributed by atoms with Crippen LogP contribution in [0.15, 0.2) is 29.4 Å². The molecule has 0 spiro atoms. The van der Waals surface area contributed by atoms with Gasteiger partial charge < -0.3 is 10.1 Å². The summed E-state index contributed by atoms with van der Waals surface area (Å²) < 4.78 is 5.47. The Labute approximate surface area is 147 Å². The topological polar surface area (TPSA) is 57.7 Å². The van der Waals surface area contributed by atoms with Gasteiger partial charge >= 0.3 is 0 Å². The maximum atomic E-state index is 13.0. The number of carbonyl (C=O) groups is 1. The highest BCUT2D eigenvalue weighted by Gasteiger charge is 2.47. The van der Waals surface area contributed by atoms with Crippen molar-refractivity contribution in [1.82, 2.24) is 20.1 Å². The minimum atomic E-state index is -0.642. The van der Waals surface area contributed by atoms with Crippen molar-refractivity contribution in [3.63, 3.8) is 0 Å². The lowest BCUT2D eigenvalue weighted by molar-refractivity contribution is -0.128. The van der Waals surface area contributed by atoms with Crippen LogP contribution in [0.5, 0.6) is 0 Å². The van der Waals surface area contributed by atoms with E-state index in [9.17, 15) is 4.79 Å². The summed E-state index contributed by atoms with van der Waals surface area (Å²) in [7, 11) is 1.73. The van der Waals surface area contributed by atoms with E-state index in [0.29, 0.717) is 6.54 Å². The van der Waals surface area contributed by atoms with Crippen LogP contribution in [-0.2, 0) is 9.53 Å². The average molecular weight is 350 g/mol. The van der Waals surface area contributed by atoms with Crippen LogP contribution < -0.4 is 5.32 Å². The monoisotopic (exact) mass is 350 g/mol. The van der Waals surface area contributed by atoms with Crippen LogP contribution in [0.25, 0.3) is 0 Å². The summed E-state index contributed by atoms with van der Waals surface area (Å²) in [5.41, 5.74) is 0. The van der Waals surface area contributed by atoms with Gasteiger partial charge in [-0.3, -0.25) is 14.6 Å². The zero-order chi connectivity index (χ0) is 16.8. The van der Waals surface area contributed by atoms with Gasteiger partial charge in [0.2, 0.25) is 0 Å². The summed E-state index contributed by atoms with van der Waals surface area (Å²) in [5.74, 6) is 0.0616. The third-order valence-corrected chi connectivity index (χ3v) is 6.01. The summed E-state index contributed by atoms with van der Waals surface area (Å²) in [5, 5.41) is 3.80. The molecule has 2 aliphatic rings. The van der Waals surface area contributed by atoms with Gasteiger partial charge in [-0.05, 0) is 25.0 Å². The predicted molar refractivity (Wildman–Crippen MR) is 95.0 cm³/mol. The molecule has 0 radical (unpaired) electrons. The highest BCUT2D eigenvalue weighted by Crippen LogP contribution is 2.38. The number of pyridine rings is 1. The minimum Gasteiger partial charge on any atom is -0.379 e. The van der Waals surface area contributed by atoms with Gasteiger partial charge in [-0.25, -0.2) is 4.98 Å². The van der Waals surface area contributed by atoms with Crippen molar-refractivity contribution < 1.29 is 9.53 Å². The number of carbonyl (C=O) groups excluding carboxylic acids is 1. The molecular weight excluding hydrogens is 324 g/mol. The first kappa shape index (κ1) is 17.7. The van der Waals surface area contributed by atoms with Crippen molar-refractivity contribution in [3.8, 4) is 0 Å². The van der Waals surface area contributed by atoms with Crippen molar-refractivity contribution in [3.05, 3.63) is 24.4 Å². The normalized spacial score (nSPS) is 22.2. The minimum absolute atomic E-state index is 0.0616. The number of morpholine rings is 1. The first-order valence-electron chi connectivity index (χ1n) is 8.62. The molecule has 6 nitrogen and oxygen atoms in total. The summed E-state index contributed by atoms with van der Waals surface area (Å²) >= 11 is 1.58. The Bertz CT molecular complexity index is 533. The Kier molecular flexibility index (Phi) is 6.10. The summed E-state index contributed by atoms with van der Waals surface area (Å²) in [4.78, 5) is 21.5. The number of hydrogen-bond donors (Lipinski definition) is 1. The molecule has 1 aromatic rings. The quantitative estimate of drug-likeness (QED) is 0.774. The summed E-state index contributed by atoms with van der Waals surface area (Å²) in [6, 6.07) is 5.86. The van der Waals surface area contributed by atoms with Crippen LogP contribution in [0.3, 0.4) is 0 Å². The van der Waals surface area contributed by atoms with Crippen molar-refractivity contribution in [2.45, 2.75) is 22.7 Å². The summed E-state index contributed by atoms with van der Waals surface area (Å²) in [6.45, 7) is 5.81. The Hall–Kier alpha value is -1.15. The third kappa shape index (κ3) is 3.91. The second-order valence-corrected chi connectivity index (χ2v) is 7.51. The van der Waals surface area contributed by atoms with Crippen LogP contribution in [0.4, 0.5) is 0 Å². The molecule has 2 fully saturated rings. The summed E-state index contributed by atoms with van der Waals surface area (Å²) in [6.07, 6.45) is 4.07. The van der Waals surface area contributed by atoms with E-state index in [4.69, 9.17) is 4.74 Å². The molecule has 1 unspecified atom stereocenters. The molecule has 0 bridgehead atoms. The molecule has 1 aromatic heterocycles. The molecule has 2 saturated heterocycles. The van der Waals surface area contributed by atoms with Gasteiger partial charge in [0.25, 0.3) is 5.91 Å². The SMILES string of the molecule is CNC(=O)C(CN1CCOCC1)(Sc1ccccn1)N1CCCC1. The lowest BCUT2D eigenvalue weighted by Crippen LogP contribution is -2.61. The molecule has 3 rings (SSSR count). The van der Waals surface area contributed by atoms with Crippen LogP contribution in [0.2, 0.25) is 0 Å². The molecule has 2 aliphatic heterocycles.